The zero-order chi connectivity index (χ0) is 17.2. The molecule has 0 aromatic heterocycles. The van der Waals surface area contributed by atoms with Crippen molar-refractivity contribution in [3.63, 3.8) is 0 Å². The Bertz CT molecular complexity index is 286. The van der Waals surface area contributed by atoms with Crippen molar-refractivity contribution in [2.45, 2.75) is 84.6 Å². The molecule has 0 rings (SSSR count). The van der Waals surface area contributed by atoms with Crippen molar-refractivity contribution in [1.29, 1.82) is 0 Å². The molecule has 0 heterocycles. The molecule has 2 nitrogen and oxygen atoms in total. The van der Waals surface area contributed by atoms with Crippen LogP contribution in [0, 0.1) is 0 Å². The number of esters is 1. The smallest absolute Gasteiger partial charge is 0.330 e. The lowest BCUT2D eigenvalue weighted by molar-refractivity contribution is -0.137. The maximum Gasteiger partial charge on any atom is 0.330 e. The Morgan fingerprint density at radius 3 is 1.74 bits per heavy atom. The van der Waals surface area contributed by atoms with Crippen molar-refractivity contribution >= 4 is 60.7 Å². The van der Waals surface area contributed by atoms with Crippen LogP contribution in [0.25, 0.3) is 0 Å². The van der Waals surface area contributed by atoms with E-state index in [0.717, 1.165) is 17.5 Å². The molecule has 0 saturated carbocycles. The van der Waals surface area contributed by atoms with Gasteiger partial charge in [-0.3, -0.25) is 0 Å². The van der Waals surface area contributed by atoms with Crippen molar-refractivity contribution in [3.8, 4) is 0 Å². The van der Waals surface area contributed by atoms with E-state index >= 15 is 0 Å². The standard InChI is InChI=1S/C18H32I2O2Si/c1-2-17(21)22-15-13-11-9-7-5-3-4-6-8-10-12-14-16-23-18(19)20/h2,18H,1,3-16H2. The number of ether oxygens (including phenoxy) is 1. The fourth-order valence-corrected chi connectivity index (χ4v) is 4.98. The number of unbranched alkanes of at least 4 members (excludes halogenated alkanes) is 11. The molecule has 0 N–H and O–H groups in total. The van der Waals surface area contributed by atoms with E-state index in [4.69, 9.17) is 4.74 Å². The molecular formula is C18H32I2O2Si. The summed E-state index contributed by atoms with van der Waals surface area (Å²) in [6, 6.07) is 1.43. The zero-order valence-corrected chi connectivity index (χ0v) is 19.6. The van der Waals surface area contributed by atoms with Crippen molar-refractivity contribution in [2.24, 2.45) is 0 Å². The largest absolute Gasteiger partial charge is 0.463 e. The second-order valence-corrected chi connectivity index (χ2v) is 14.6. The third-order valence-electron chi connectivity index (χ3n) is 3.78. The molecule has 0 bridgehead atoms. The van der Waals surface area contributed by atoms with Crippen molar-refractivity contribution in [2.75, 3.05) is 6.61 Å². The SMILES string of the molecule is C=CC(=O)OCCCCCCCCCCCCCC[Si]C(I)I. The van der Waals surface area contributed by atoms with Crippen molar-refractivity contribution < 1.29 is 9.53 Å². The van der Waals surface area contributed by atoms with Gasteiger partial charge in [0.1, 0.15) is 0 Å². The highest BCUT2D eigenvalue weighted by Crippen LogP contribution is 2.14. The highest BCUT2D eigenvalue weighted by atomic mass is 127. The third kappa shape index (κ3) is 20.8. The lowest BCUT2D eigenvalue weighted by Gasteiger charge is -2.04. The molecule has 0 aliphatic rings. The molecule has 0 unspecified atom stereocenters. The molecule has 0 fully saturated rings. The van der Waals surface area contributed by atoms with Crippen LogP contribution >= 0.6 is 45.2 Å². The van der Waals surface area contributed by atoms with E-state index in [0.29, 0.717) is 6.61 Å². The van der Waals surface area contributed by atoms with Crippen molar-refractivity contribution in [1.82, 2.24) is 0 Å². The average Bonchev–Trinajstić information content (AvgIpc) is 2.53. The molecule has 23 heavy (non-hydrogen) atoms. The third-order valence-corrected chi connectivity index (χ3v) is 7.37. The second-order valence-electron chi connectivity index (χ2n) is 5.87. The van der Waals surface area contributed by atoms with Gasteiger partial charge in [0, 0.05) is 6.08 Å². The van der Waals surface area contributed by atoms with Crippen LogP contribution in [0.5, 0.6) is 0 Å². The predicted octanol–water partition coefficient (Wildman–Crippen LogP) is 6.67. The first-order valence-corrected chi connectivity index (χ1v) is 12.7. The highest BCUT2D eigenvalue weighted by molar-refractivity contribution is 14.2. The van der Waals surface area contributed by atoms with E-state index in [1.165, 1.54) is 82.7 Å². The molecule has 0 amide bonds. The van der Waals surface area contributed by atoms with Crippen molar-refractivity contribution in [3.05, 3.63) is 12.7 Å². The summed E-state index contributed by atoms with van der Waals surface area (Å²) in [5.74, 6) is -0.301. The Morgan fingerprint density at radius 2 is 1.30 bits per heavy atom. The molecule has 0 spiro atoms. The van der Waals surface area contributed by atoms with Gasteiger partial charge in [-0.15, -0.1) is 0 Å². The molecule has 0 saturated heterocycles. The van der Waals surface area contributed by atoms with Crippen LogP contribution in [0.3, 0.4) is 0 Å². The van der Waals surface area contributed by atoms with Crippen LogP contribution in [0.1, 0.15) is 77.0 Å². The van der Waals surface area contributed by atoms with E-state index < -0.39 is 0 Å². The summed E-state index contributed by atoms with van der Waals surface area (Å²) in [7, 11) is 1.14. The molecule has 134 valence electrons. The zero-order valence-electron chi connectivity index (χ0n) is 14.3. The first kappa shape index (κ1) is 23.9. The highest BCUT2D eigenvalue weighted by Gasteiger charge is 1.99. The summed E-state index contributed by atoms with van der Waals surface area (Å²) in [4.78, 5) is 10.8. The Morgan fingerprint density at radius 1 is 0.870 bits per heavy atom. The first-order chi connectivity index (χ1) is 11.2. The summed E-state index contributed by atoms with van der Waals surface area (Å²) in [6.45, 7) is 3.92. The molecule has 0 aromatic rings. The average molecular weight is 562 g/mol. The summed E-state index contributed by atoms with van der Waals surface area (Å²) in [6.07, 6.45) is 17.3. The molecule has 0 atom stereocenters. The van der Waals surface area contributed by atoms with Crippen LogP contribution in [-0.2, 0) is 9.53 Å². The number of carbonyl (C=O) groups is 1. The van der Waals surface area contributed by atoms with Crippen LogP contribution in [0.2, 0.25) is 6.04 Å². The number of carbonyl (C=O) groups excluding carboxylic acids is 1. The van der Waals surface area contributed by atoms with Crippen LogP contribution in [0.15, 0.2) is 12.7 Å². The van der Waals surface area contributed by atoms with Crippen LogP contribution < -0.4 is 0 Å². The van der Waals surface area contributed by atoms with E-state index in [1.807, 2.05) is 0 Å². The minimum atomic E-state index is -0.301. The van der Waals surface area contributed by atoms with Gasteiger partial charge < -0.3 is 4.74 Å². The van der Waals surface area contributed by atoms with Gasteiger partial charge in [-0.2, -0.15) is 0 Å². The van der Waals surface area contributed by atoms with Gasteiger partial charge in [0.15, 0.2) is 0 Å². The second kappa shape index (κ2) is 19.2. The van der Waals surface area contributed by atoms with Gasteiger partial charge in [-0.1, -0.05) is 128 Å². The van der Waals surface area contributed by atoms with Crippen LogP contribution in [-0.4, -0.2) is 23.7 Å². The van der Waals surface area contributed by atoms with Gasteiger partial charge >= 0.3 is 5.97 Å². The minimum absolute atomic E-state index is 0.301. The van der Waals surface area contributed by atoms with E-state index in [1.54, 1.807) is 0 Å². The molecule has 0 aliphatic heterocycles. The molecule has 0 aromatic carbocycles. The minimum Gasteiger partial charge on any atom is -0.463 e. The van der Waals surface area contributed by atoms with Gasteiger partial charge in [0.25, 0.3) is 0 Å². The summed E-state index contributed by atoms with van der Waals surface area (Å²) < 4.78 is 5.79. The maximum absolute atomic E-state index is 10.8. The first-order valence-electron chi connectivity index (χ1n) is 8.97. The normalized spacial score (nSPS) is 10.9. The van der Waals surface area contributed by atoms with Gasteiger partial charge in [-0.05, 0) is 6.42 Å². The Balaban J connectivity index is 3.02. The molecule has 5 heteroatoms. The molecule has 0 aliphatic carbocycles. The topological polar surface area (TPSA) is 26.3 Å². The summed E-state index contributed by atoms with van der Waals surface area (Å²) in [5, 5.41) is 0. The summed E-state index contributed by atoms with van der Waals surface area (Å²) >= 11 is 5.04. The lowest BCUT2D eigenvalue weighted by atomic mass is 10.1. The lowest BCUT2D eigenvalue weighted by Crippen LogP contribution is -2.01. The Hall–Kier alpha value is 0.887. The van der Waals surface area contributed by atoms with Gasteiger partial charge in [0.05, 0.1) is 17.7 Å². The number of hydrogen-bond donors (Lipinski definition) is 0. The van der Waals surface area contributed by atoms with Crippen LogP contribution in [0.4, 0.5) is 0 Å². The maximum atomic E-state index is 10.8. The fourth-order valence-electron chi connectivity index (χ4n) is 2.44. The Labute approximate surface area is 173 Å². The molecular weight excluding hydrogens is 530 g/mol. The molecule has 2 radical (unpaired) electrons. The number of alkyl halides is 2. The Kier molecular flexibility index (Phi) is 20.0. The van der Waals surface area contributed by atoms with Gasteiger partial charge in [0.2, 0.25) is 0 Å². The quantitative estimate of drug-likeness (QED) is 0.0495. The van der Waals surface area contributed by atoms with Gasteiger partial charge in [-0.25, -0.2) is 4.79 Å². The van der Waals surface area contributed by atoms with E-state index in [9.17, 15) is 4.79 Å². The predicted molar refractivity (Wildman–Crippen MR) is 119 cm³/mol. The van der Waals surface area contributed by atoms with E-state index in [-0.39, 0.29) is 5.97 Å². The summed E-state index contributed by atoms with van der Waals surface area (Å²) in [5.41, 5.74) is 0. The number of rotatable bonds is 17. The number of halogens is 2. The van der Waals surface area contributed by atoms with E-state index in [2.05, 4.69) is 51.8 Å². The number of hydrogen-bond acceptors (Lipinski definition) is 2. The monoisotopic (exact) mass is 562 g/mol. The fraction of sp³-hybridized carbons (Fsp3) is 0.833.